The minimum Gasteiger partial charge on any atom is -0.347 e. The van der Waals surface area contributed by atoms with E-state index >= 15 is 0 Å². The largest absolute Gasteiger partial charge is 0.347 e. The molecule has 0 aromatic heterocycles. The van der Waals surface area contributed by atoms with Crippen molar-refractivity contribution in [2.24, 2.45) is 0 Å². The van der Waals surface area contributed by atoms with Crippen molar-refractivity contribution in [1.29, 1.82) is 0 Å². The number of allylic oxidation sites excluding steroid dienone is 2. The Bertz CT molecular complexity index is 548. The van der Waals surface area contributed by atoms with Crippen LogP contribution in [-0.2, 0) is 29.9 Å². The van der Waals surface area contributed by atoms with Crippen LogP contribution in [0.3, 0.4) is 0 Å². The molecule has 0 radical (unpaired) electrons. The van der Waals surface area contributed by atoms with Crippen LogP contribution in [0.15, 0.2) is 11.1 Å². The maximum absolute atomic E-state index is 13.3. The van der Waals surface area contributed by atoms with E-state index in [0.717, 1.165) is 6.42 Å². The summed E-state index contributed by atoms with van der Waals surface area (Å²) >= 11 is 6.03. The van der Waals surface area contributed by atoms with Gasteiger partial charge in [-0.15, -0.1) is 0 Å². The Morgan fingerprint density at radius 2 is 1.77 bits per heavy atom. The van der Waals surface area contributed by atoms with Crippen molar-refractivity contribution >= 4 is 25.7 Å². The zero-order valence-electron chi connectivity index (χ0n) is 14.4. The number of rotatable bonds is 7. The van der Waals surface area contributed by atoms with Gasteiger partial charge in [-0.3, -0.25) is 4.57 Å². The Kier molecular flexibility index (Phi) is 5.81. The summed E-state index contributed by atoms with van der Waals surface area (Å²) in [5.74, 6) is 0. The van der Waals surface area contributed by atoms with E-state index in [-0.39, 0.29) is 23.1 Å². The van der Waals surface area contributed by atoms with E-state index in [9.17, 15) is 4.57 Å². The zero-order chi connectivity index (χ0) is 16.7. The Balaban J connectivity index is 2.42. The first kappa shape index (κ1) is 18.8. The van der Waals surface area contributed by atoms with E-state index in [4.69, 9.17) is 25.4 Å². The van der Waals surface area contributed by atoms with Gasteiger partial charge in [-0.2, -0.15) is 0 Å². The average Bonchev–Trinajstić information content (AvgIpc) is 2.77. The highest BCUT2D eigenvalue weighted by atomic mass is 32.4. The van der Waals surface area contributed by atoms with Crippen molar-refractivity contribution in [2.75, 3.05) is 13.2 Å². The molecule has 0 N–H and O–H groups in total. The molecule has 0 unspecified atom stereocenters. The van der Waals surface area contributed by atoms with E-state index in [1.807, 2.05) is 27.7 Å². The molecule has 2 bridgehead atoms. The van der Waals surface area contributed by atoms with Crippen LogP contribution in [-0.4, -0.2) is 36.3 Å². The molecule has 128 valence electrons. The molecule has 0 amide bonds. The van der Waals surface area contributed by atoms with E-state index < -0.39 is 13.9 Å². The van der Waals surface area contributed by atoms with Crippen LogP contribution in [0.5, 0.6) is 0 Å². The van der Waals surface area contributed by atoms with Crippen LogP contribution in [0.4, 0.5) is 0 Å². The predicted molar refractivity (Wildman–Crippen MR) is 95.7 cm³/mol. The molecule has 0 aromatic rings. The van der Waals surface area contributed by atoms with Gasteiger partial charge in [0.15, 0.2) is 0 Å². The summed E-state index contributed by atoms with van der Waals surface area (Å²) < 4.78 is 30.8. The summed E-state index contributed by atoms with van der Waals surface area (Å²) in [6, 6.07) is 0. The molecule has 0 aliphatic carbocycles. The lowest BCUT2D eigenvalue weighted by Gasteiger charge is -2.31. The highest BCUT2D eigenvalue weighted by Gasteiger charge is 2.62. The van der Waals surface area contributed by atoms with E-state index in [2.05, 4.69) is 13.8 Å². The Hall–Kier alpha value is 0.500. The maximum Gasteiger partial charge on any atom is 0.334 e. The lowest BCUT2D eigenvalue weighted by molar-refractivity contribution is 0.210. The smallest absolute Gasteiger partial charge is 0.334 e. The van der Waals surface area contributed by atoms with Crippen molar-refractivity contribution in [1.82, 2.24) is 0 Å². The van der Waals surface area contributed by atoms with Crippen molar-refractivity contribution in [3.05, 3.63) is 11.1 Å². The second-order valence-corrected chi connectivity index (χ2v) is 13.0. The van der Waals surface area contributed by atoms with Crippen LogP contribution in [0.2, 0.25) is 0 Å². The van der Waals surface area contributed by atoms with Crippen molar-refractivity contribution in [3.8, 4) is 0 Å². The van der Waals surface area contributed by atoms with Gasteiger partial charge in [-0.05, 0) is 48.0 Å². The van der Waals surface area contributed by atoms with Crippen LogP contribution < -0.4 is 0 Å². The fourth-order valence-electron chi connectivity index (χ4n) is 3.80. The quantitative estimate of drug-likeness (QED) is 0.472. The van der Waals surface area contributed by atoms with E-state index in [1.54, 1.807) is 0 Å². The van der Waals surface area contributed by atoms with Gasteiger partial charge in [0.1, 0.15) is 0 Å². The monoisotopic (exact) mass is 366 g/mol. The molecule has 22 heavy (non-hydrogen) atoms. The lowest BCUT2D eigenvalue weighted by Crippen LogP contribution is -2.26. The molecule has 2 aliphatic heterocycles. The minimum atomic E-state index is -3.15. The standard InChI is InChI=1S/C15H28O4P2S/c1-7-17-21(16,18-8-2)14-9-13-11(5)12(6)15(14)20(13,22)19-10(3)4/h10,13-15H,7-9H2,1-6H3/t13-,14-,15-,20+/m0/s1. The third-order valence-corrected chi connectivity index (χ3v) is 12.9. The fourth-order valence-corrected chi connectivity index (χ4v) is 13.6. The SMILES string of the molecule is CCOP(=O)(OCC)[C@H]1C[C@H]2C(C)=C(C)[C@@H]1[P@@]2(=S)OC(C)C. The Morgan fingerprint density at radius 1 is 1.23 bits per heavy atom. The normalized spacial score (nSPS) is 35.0. The van der Waals surface area contributed by atoms with Crippen LogP contribution >= 0.6 is 13.9 Å². The molecule has 7 heteroatoms. The first-order chi connectivity index (χ1) is 10.2. The number of hydrogen-bond donors (Lipinski definition) is 0. The summed E-state index contributed by atoms with van der Waals surface area (Å²) in [5.41, 5.74) is 2.72. The number of hydrogen-bond acceptors (Lipinski definition) is 5. The Labute approximate surface area is 139 Å². The first-order valence-corrected chi connectivity index (χ1v) is 12.5. The molecule has 0 aromatic carbocycles. The van der Waals surface area contributed by atoms with Crippen LogP contribution in [0, 0.1) is 0 Å². The summed E-state index contributed by atoms with van der Waals surface area (Å²) in [6.45, 7) is 12.8. The summed E-state index contributed by atoms with van der Waals surface area (Å²) in [7, 11) is -3.15. The molecular weight excluding hydrogens is 338 g/mol. The molecule has 4 atom stereocenters. The van der Waals surface area contributed by atoms with Gasteiger partial charge >= 0.3 is 7.60 Å². The molecule has 1 fully saturated rings. The van der Waals surface area contributed by atoms with Crippen LogP contribution in [0.25, 0.3) is 0 Å². The molecule has 4 nitrogen and oxygen atoms in total. The molecule has 2 rings (SSSR count). The summed E-state index contributed by atoms with van der Waals surface area (Å²) in [4.78, 5) is 0. The topological polar surface area (TPSA) is 44.8 Å². The second kappa shape index (κ2) is 6.78. The highest BCUT2D eigenvalue weighted by molar-refractivity contribution is 8.13. The third-order valence-electron chi connectivity index (χ3n) is 4.62. The van der Waals surface area contributed by atoms with Gasteiger partial charge in [0.25, 0.3) is 0 Å². The van der Waals surface area contributed by atoms with Crippen molar-refractivity contribution in [2.45, 2.75) is 71.0 Å². The molecule has 2 aliphatic rings. The number of fused-ring (bicyclic) bond motifs is 2. The van der Waals surface area contributed by atoms with Gasteiger partial charge in [-0.1, -0.05) is 23.0 Å². The Morgan fingerprint density at radius 3 is 2.23 bits per heavy atom. The van der Waals surface area contributed by atoms with Gasteiger partial charge in [0.05, 0.1) is 31.2 Å². The molecule has 0 saturated carbocycles. The van der Waals surface area contributed by atoms with Gasteiger partial charge < -0.3 is 13.6 Å². The maximum atomic E-state index is 13.3. The van der Waals surface area contributed by atoms with Crippen LogP contribution in [0.1, 0.15) is 48.0 Å². The van der Waals surface area contributed by atoms with Gasteiger partial charge in [0.2, 0.25) is 0 Å². The molecule has 2 heterocycles. The minimum absolute atomic E-state index is 0.0406. The van der Waals surface area contributed by atoms with Gasteiger partial charge in [-0.25, -0.2) is 0 Å². The highest BCUT2D eigenvalue weighted by Crippen LogP contribution is 2.79. The van der Waals surface area contributed by atoms with E-state index in [0.29, 0.717) is 13.2 Å². The van der Waals surface area contributed by atoms with E-state index in [1.165, 1.54) is 11.1 Å². The fraction of sp³-hybridized carbons (Fsp3) is 0.867. The van der Waals surface area contributed by atoms with Crippen molar-refractivity contribution < 1.29 is 18.1 Å². The zero-order valence-corrected chi connectivity index (χ0v) is 17.0. The van der Waals surface area contributed by atoms with Gasteiger partial charge in [0, 0.05) is 11.3 Å². The lowest BCUT2D eigenvalue weighted by atomic mass is 9.94. The first-order valence-electron chi connectivity index (χ1n) is 8.05. The molecular formula is C15H28O4P2S. The second-order valence-electron chi connectivity index (χ2n) is 6.30. The third kappa shape index (κ3) is 2.94. The predicted octanol–water partition coefficient (Wildman–Crippen LogP) is 4.93. The summed E-state index contributed by atoms with van der Waals surface area (Å²) in [5, 5.41) is 0. The summed E-state index contributed by atoms with van der Waals surface area (Å²) in [6.07, 6.45) is -1.22. The van der Waals surface area contributed by atoms with Crippen molar-refractivity contribution in [3.63, 3.8) is 0 Å². The molecule has 1 saturated heterocycles. The average molecular weight is 366 g/mol. The molecule has 0 spiro atoms.